The van der Waals surface area contributed by atoms with Crippen molar-refractivity contribution in [3.8, 4) is 17.2 Å². The Morgan fingerprint density at radius 1 is 1.10 bits per heavy atom. The number of Topliss-reactive ketones (excluding diaryl/α,β-unsaturated/α-hetero) is 1. The van der Waals surface area contributed by atoms with Crippen molar-refractivity contribution in [3.63, 3.8) is 0 Å². The number of hydrogen-bond donors (Lipinski definition) is 1. The Hall–Kier alpha value is -2.96. The van der Waals surface area contributed by atoms with E-state index in [1.165, 1.54) is 14.2 Å². The average Bonchev–Trinajstić information content (AvgIpc) is 2.75. The third-order valence-corrected chi connectivity index (χ3v) is 5.48. The van der Waals surface area contributed by atoms with E-state index in [1.807, 2.05) is 19.9 Å². The third kappa shape index (κ3) is 3.76. The minimum atomic E-state index is -0.604. The second kappa shape index (κ2) is 9.24. The molecular formula is C23H29NO6. The number of esters is 1. The zero-order valence-corrected chi connectivity index (χ0v) is 18.2. The lowest BCUT2D eigenvalue weighted by Gasteiger charge is -2.35. The highest BCUT2D eigenvalue weighted by atomic mass is 16.5. The van der Waals surface area contributed by atoms with Crippen LogP contribution in [0.15, 0.2) is 34.7 Å². The lowest BCUT2D eigenvalue weighted by Crippen LogP contribution is -2.34. The maximum Gasteiger partial charge on any atom is 0.336 e. The molecule has 30 heavy (non-hydrogen) atoms. The zero-order valence-electron chi connectivity index (χ0n) is 18.2. The molecule has 1 N–H and O–H groups in total. The van der Waals surface area contributed by atoms with Crippen molar-refractivity contribution >= 4 is 11.8 Å². The van der Waals surface area contributed by atoms with Gasteiger partial charge < -0.3 is 24.3 Å². The number of carbonyl (C=O) groups is 2. The average molecular weight is 415 g/mol. The van der Waals surface area contributed by atoms with E-state index in [1.54, 1.807) is 13.2 Å². The molecule has 3 rings (SSSR count). The number of rotatable bonds is 7. The second-order valence-corrected chi connectivity index (χ2v) is 7.33. The maximum atomic E-state index is 13.1. The fourth-order valence-electron chi connectivity index (χ4n) is 4.19. The summed E-state index contributed by atoms with van der Waals surface area (Å²) in [6.45, 7) is 4.09. The largest absolute Gasteiger partial charge is 0.493 e. The molecule has 0 unspecified atom stereocenters. The van der Waals surface area contributed by atoms with E-state index in [2.05, 4.69) is 5.32 Å². The van der Waals surface area contributed by atoms with Gasteiger partial charge in [-0.3, -0.25) is 4.79 Å². The van der Waals surface area contributed by atoms with Gasteiger partial charge in [0.05, 0.1) is 39.4 Å². The molecule has 0 spiro atoms. The monoisotopic (exact) mass is 415 g/mol. The van der Waals surface area contributed by atoms with Gasteiger partial charge in [0.2, 0.25) is 5.75 Å². The van der Waals surface area contributed by atoms with Gasteiger partial charge in [0.15, 0.2) is 17.3 Å². The smallest absolute Gasteiger partial charge is 0.336 e. The van der Waals surface area contributed by atoms with Crippen molar-refractivity contribution in [2.45, 2.75) is 45.4 Å². The lowest BCUT2D eigenvalue weighted by atomic mass is 9.75. The predicted molar refractivity (Wildman–Crippen MR) is 112 cm³/mol. The molecule has 0 aromatic heterocycles. The van der Waals surface area contributed by atoms with Crippen molar-refractivity contribution in [2.75, 3.05) is 27.9 Å². The first-order valence-electron chi connectivity index (χ1n) is 10.2. The number of carbonyl (C=O) groups excluding carboxylic acids is 2. The van der Waals surface area contributed by atoms with Crippen LogP contribution >= 0.6 is 0 Å². The van der Waals surface area contributed by atoms with Crippen molar-refractivity contribution in [1.29, 1.82) is 0 Å². The first kappa shape index (κ1) is 21.7. The summed E-state index contributed by atoms with van der Waals surface area (Å²) in [6, 6.07) is 3.58. The Morgan fingerprint density at radius 2 is 1.83 bits per heavy atom. The Morgan fingerprint density at radius 3 is 2.47 bits per heavy atom. The molecular weight excluding hydrogens is 386 g/mol. The molecule has 1 heterocycles. The van der Waals surface area contributed by atoms with Crippen LogP contribution in [-0.2, 0) is 14.3 Å². The molecule has 1 atom stereocenters. The van der Waals surface area contributed by atoms with Crippen LogP contribution in [0.2, 0.25) is 0 Å². The van der Waals surface area contributed by atoms with Gasteiger partial charge >= 0.3 is 5.97 Å². The molecule has 0 saturated heterocycles. The minimum Gasteiger partial charge on any atom is -0.493 e. The van der Waals surface area contributed by atoms with Crippen LogP contribution in [0.25, 0.3) is 0 Å². The molecule has 0 bridgehead atoms. The second-order valence-electron chi connectivity index (χ2n) is 7.33. The Kier molecular flexibility index (Phi) is 6.70. The molecule has 7 heteroatoms. The van der Waals surface area contributed by atoms with Gasteiger partial charge in [0, 0.05) is 29.0 Å². The molecule has 1 aromatic carbocycles. The van der Waals surface area contributed by atoms with Crippen LogP contribution in [0.4, 0.5) is 0 Å². The lowest BCUT2D eigenvalue weighted by molar-refractivity contribution is -0.139. The summed E-state index contributed by atoms with van der Waals surface area (Å²) in [5.74, 6) is 0.343. The topological polar surface area (TPSA) is 83.1 Å². The van der Waals surface area contributed by atoms with Crippen LogP contribution in [0.3, 0.4) is 0 Å². The van der Waals surface area contributed by atoms with Crippen LogP contribution in [0.1, 0.15) is 51.0 Å². The number of dihydropyridines is 1. The standard InChI is InChI=1S/C23H29NO6/c1-6-12-30-23(26)18-13(2)24-15-8-7-9-16(25)20(15)19(18)14-10-11-17(27-3)22(29-5)21(14)28-4/h10-11,19,24H,6-9,12H2,1-5H3/t19-/m1/s1. The van der Waals surface area contributed by atoms with Crippen molar-refractivity contribution in [1.82, 2.24) is 5.32 Å². The van der Waals surface area contributed by atoms with E-state index in [4.69, 9.17) is 18.9 Å². The number of allylic oxidation sites excluding steroid dienone is 3. The molecule has 0 amide bonds. The van der Waals surface area contributed by atoms with E-state index >= 15 is 0 Å². The summed E-state index contributed by atoms with van der Waals surface area (Å²) < 4.78 is 22.1. The summed E-state index contributed by atoms with van der Waals surface area (Å²) in [5.41, 5.74) is 3.23. The van der Waals surface area contributed by atoms with E-state index < -0.39 is 11.9 Å². The highest BCUT2D eigenvalue weighted by Gasteiger charge is 2.41. The van der Waals surface area contributed by atoms with Gasteiger partial charge in [-0.15, -0.1) is 0 Å². The van der Waals surface area contributed by atoms with E-state index in [-0.39, 0.29) is 5.78 Å². The van der Waals surface area contributed by atoms with E-state index in [0.29, 0.717) is 59.1 Å². The third-order valence-electron chi connectivity index (χ3n) is 5.48. The number of nitrogens with one attached hydrogen (secondary N) is 1. The van der Waals surface area contributed by atoms with Gasteiger partial charge in [-0.1, -0.05) is 13.0 Å². The summed E-state index contributed by atoms with van der Waals surface area (Å²) in [4.78, 5) is 26.1. The fourth-order valence-corrected chi connectivity index (χ4v) is 4.19. The quantitative estimate of drug-likeness (QED) is 0.681. The maximum absolute atomic E-state index is 13.1. The van der Waals surface area contributed by atoms with Crippen LogP contribution < -0.4 is 19.5 Å². The number of ether oxygens (including phenoxy) is 4. The molecule has 0 fully saturated rings. The zero-order chi connectivity index (χ0) is 21.8. The predicted octanol–water partition coefficient (Wildman–Crippen LogP) is 3.63. The molecule has 0 saturated carbocycles. The van der Waals surface area contributed by atoms with Gasteiger partial charge in [0.25, 0.3) is 0 Å². The molecule has 1 aliphatic heterocycles. The normalized spacial score (nSPS) is 18.6. The van der Waals surface area contributed by atoms with Gasteiger partial charge in [-0.2, -0.15) is 0 Å². The van der Waals surface area contributed by atoms with Crippen molar-refractivity contribution in [3.05, 3.63) is 40.2 Å². The first-order chi connectivity index (χ1) is 14.5. The molecule has 0 radical (unpaired) electrons. The minimum absolute atomic E-state index is 0.0267. The molecule has 7 nitrogen and oxygen atoms in total. The van der Waals surface area contributed by atoms with E-state index in [9.17, 15) is 9.59 Å². The number of hydrogen-bond acceptors (Lipinski definition) is 7. The van der Waals surface area contributed by atoms with Crippen molar-refractivity contribution in [2.24, 2.45) is 0 Å². The van der Waals surface area contributed by atoms with Gasteiger partial charge in [-0.05, 0) is 32.3 Å². The number of ketones is 1. The van der Waals surface area contributed by atoms with Gasteiger partial charge in [0.1, 0.15) is 0 Å². The van der Waals surface area contributed by atoms with Crippen molar-refractivity contribution < 1.29 is 28.5 Å². The summed E-state index contributed by atoms with van der Waals surface area (Å²) in [7, 11) is 4.61. The number of benzene rings is 1. The first-order valence-corrected chi connectivity index (χ1v) is 10.2. The Balaban J connectivity index is 2.25. The van der Waals surface area contributed by atoms with Gasteiger partial charge in [-0.25, -0.2) is 4.79 Å². The summed E-state index contributed by atoms with van der Waals surface area (Å²) in [6.07, 6.45) is 2.69. The number of methoxy groups -OCH3 is 3. The SMILES string of the molecule is CCCOC(=O)C1=C(C)NC2=C(C(=O)CCC2)[C@@H]1c1ccc(OC)c(OC)c1OC. The van der Waals surface area contributed by atoms with E-state index in [0.717, 1.165) is 18.5 Å². The van der Waals surface area contributed by atoms with Crippen LogP contribution in [-0.4, -0.2) is 39.7 Å². The highest BCUT2D eigenvalue weighted by Crippen LogP contribution is 2.49. The summed E-state index contributed by atoms with van der Waals surface area (Å²) >= 11 is 0. The molecule has 2 aliphatic rings. The molecule has 1 aliphatic carbocycles. The molecule has 162 valence electrons. The van der Waals surface area contributed by atoms with Crippen LogP contribution in [0.5, 0.6) is 17.2 Å². The van der Waals surface area contributed by atoms with Crippen LogP contribution in [0, 0.1) is 0 Å². The Bertz CT molecular complexity index is 915. The Labute approximate surface area is 177 Å². The summed E-state index contributed by atoms with van der Waals surface area (Å²) in [5, 5.41) is 3.29. The highest BCUT2D eigenvalue weighted by molar-refractivity contribution is 6.04. The fraction of sp³-hybridized carbons (Fsp3) is 0.478. The molecule has 1 aromatic rings.